The number of nitrogens with one attached hydrogen (secondary N) is 1. The van der Waals surface area contributed by atoms with Gasteiger partial charge in [0.2, 0.25) is 0 Å². The van der Waals surface area contributed by atoms with Crippen LogP contribution in [0.15, 0.2) is 24.3 Å². The average Bonchev–Trinajstić information content (AvgIpc) is 2.36. The van der Waals surface area contributed by atoms with Crippen molar-refractivity contribution < 1.29 is 19.4 Å². The van der Waals surface area contributed by atoms with Crippen molar-refractivity contribution >= 4 is 6.09 Å². The Morgan fingerprint density at radius 1 is 1.24 bits per heavy atom. The van der Waals surface area contributed by atoms with Crippen LogP contribution in [0.3, 0.4) is 0 Å². The molecule has 1 unspecified atom stereocenters. The molecule has 0 saturated carbocycles. The number of carbonyl (C=O) groups is 1. The minimum Gasteiger partial charge on any atom is -0.496 e. The number of para-hydroxylation sites is 1. The maximum atomic E-state index is 11.9. The third-order valence-electron chi connectivity index (χ3n) is 2.92. The van der Waals surface area contributed by atoms with Crippen LogP contribution in [-0.2, 0) is 11.2 Å². The van der Waals surface area contributed by atoms with Gasteiger partial charge in [-0.15, -0.1) is 0 Å². The van der Waals surface area contributed by atoms with Gasteiger partial charge in [0.05, 0.1) is 19.3 Å². The van der Waals surface area contributed by atoms with Crippen molar-refractivity contribution in [3.05, 3.63) is 29.8 Å². The van der Waals surface area contributed by atoms with Crippen molar-refractivity contribution in [2.45, 2.75) is 45.3 Å². The molecule has 0 bridgehead atoms. The average molecular weight is 295 g/mol. The molecule has 118 valence electrons. The van der Waals surface area contributed by atoms with Crippen molar-refractivity contribution in [3.63, 3.8) is 0 Å². The first-order chi connectivity index (χ1) is 9.69. The summed E-state index contributed by atoms with van der Waals surface area (Å²) in [6.07, 6.45) is -0.110. The summed E-state index contributed by atoms with van der Waals surface area (Å²) in [6.45, 7) is 6.95. The van der Waals surface area contributed by atoms with E-state index >= 15 is 0 Å². The Morgan fingerprint density at radius 3 is 2.38 bits per heavy atom. The second-order valence-electron chi connectivity index (χ2n) is 6.33. The van der Waals surface area contributed by atoms with Crippen LogP contribution in [0.2, 0.25) is 0 Å². The quantitative estimate of drug-likeness (QED) is 0.876. The zero-order valence-corrected chi connectivity index (χ0v) is 13.4. The Labute approximate surface area is 126 Å². The van der Waals surface area contributed by atoms with Gasteiger partial charge in [0, 0.05) is 6.42 Å². The number of carbonyl (C=O) groups excluding carboxylic acids is 1. The lowest BCUT2D eigenvalue weighted by Gasteiger charge is -2.31. The SMILES string of the molecule is COc1ccccc1CC(C)(CO)NC(=O)OC(C)(C)C. The van der Waals surface area contributed by atoms with Crippen LogP contribution in [0.4, 0.5) is 4.79 Å². The summed E-state index contributed by atoms with van der Waals surface area (Å²) in [5, 5.41) is 12.4. The molecular weight excluding hydrogens is 270 g/mol. The van der Waals surface area contributed by atoms with E-state index in [0.717, 1.165) is 11.3 Å². The van der Waals surface area contributed by atoms with Gasteiger partial charge in [0.15, 0.2) is 0 Å². The Morgan fingerprint density at radius 2 is 1.86 bits per heavy atom. The second kappa shape index (κ2) is 6.80. The van der Waals surface area contributed by atoms with E-state index in [9.17, 15) is 9.90 Å². The molecule has 1 rings (SSSR count). The van der Waals surface area contributed by atoms with E-state index in [1.54, 1.807) is 34.8 Å². The lowest BCUT2D eigenvalue weighted by Crippen LogP contribution is -2.52. The molecule has 0 spiro atoms. The van der Waals surface area contributed by atoms with Gasteiger partial charge in [-0.3, -0.25) is 0 Å². The third-order valence-corrected chi connectivity index (χ3v) is 2.92. The highest BCUT2D eigenvalue weighted by atomic mass is 16.6. The van der Waals surface area contributed by atoms with Crippen molar-refractivity contribution in [1.29, 1.82) is 0 Å². The van der Waals surface area contributed by atoms with Crippen LogP contribution in [0.1, 0.15) is 33.3 Å². The molecule has 21 heavy (non-hydrogen) atoms. The van der Waals surface area contributed by atoms with E-state index in [4.69, 9.17) is 9.47 Å². The van der Waals surface area contributed by atoms with Crippen molar-refractivity contribution in [1.82, 2.24) is 5.32 Å². The summed E-state index contributed by atoms with van der Waals surface area (Å²) in [6, 6.07) is 7.52. The monoisotopic (exact) mass is 295 g/mol. The zero-order chi connectivity index (χ0) is 16.1. The van der Waals surface area contributed by atoms with Crippen LogP contribution < -0.4 is 10.1 Å². The lowest BCUT2D eigenvalue weighted by molar-refractivity contribution is 0.0415. The van der Waals surface area contributed by atoms with E-state index < -0.39 is 17.2 Å². The van der Waals surface area contributed by atoms with Crippen LogP contribution in [0.25, 0.3) is 0 Å². The molecule has 0 aliphatic heterocycles. The number of alkyl carbamates (subject to hydrolysis) is 1. The third kappa shape index (κ3) is 5.63. The number of aliphatic hydroxyl groups is 1. The normalized spacial score (nSPS) is 14.2. The van der Waals surface area contributed by atoms with Gasteiger partial charge in [0.25, 0.3) is 0 Å². The zero-order valence-electron chi connectivity index (χ0n) is 13.4. The number of ether oxygens (including phenoxy) is 2. The summed E-state index contributed by atoms with van der Waals surface area (Å²) in [4.78, 5) is 11.9. The first-order valence-electron chi connectivity index (χ1n) is 6.93. The number of benzene rings is 1. The lowest BCUT2D eigenvalue weighted by atomic mass is 9.93. The van der Waals surface area contributed by atoms with Gasteiger partial charge in [0.1, 0.15) is 11.4 Å². The van der Waals surface area contributed by atoms with E-state index in [1.807, 2.05) is 24.3 Å². The van der Waals surface area contributed by atoms with E-state index in [-0.39, 0.29) is 6.61 Å². The molecule has 0 heterocycles. The van der Waals surface area contributed by atoms with E-state index in [0.29, 0.717) is 6.42 Å². The Hall–Kier alpha value is -1.75. The van der Waals surface area contributed by atoms with Crippen molar-refractivity contribution in [3.8, 4) is 5.75 Å². The van der Waals surface area contributed by atoms with Crippen LogP contribution >= 0.6 is 0 Å². The summed E-state index contributed by atoms with van der Waals surface area (Å²) < 4.78 is 10.5. The molecule has 2 N–H and O–H groups in total. The molecule has 0 fully saturated rings. The fraction of sp³-hybridized carbons (Fsp3) is 0.562. The van der Waals surface area contributed by atoms with Crippen LogP contribution in [0, 0.1) is 0 Å². The van der Waals surface area contributed by atoms with Crippen LogP contribution in [0.5, 0.6) is 5.75 Å². The number of methoxy groups -OCH3 is 1. The minimum atomic E-state index is -0.822. The molecule has 1 aromatic rings. The number of amides is 1. The fourth-order valence-electron chi connectivity index (χ4n) is 1.96. The summed E-state index contributed by atoms with van der Waals surface area (Å²) in [7, 11) is 1.59. The molecule has 1 amide bonds. The highest BCUT2D eigenvalue weighted by Gasteiger charge is 2.29. The van der Waals surface area contributed by atoms with Gasteiger partial charge in [-0.2, -0.15) is 0 Å². The molecule has 0 aliphatic carbocycles. The summed E-state index contributed by atoms with van der Waals surface area (Å²) >= 11 is 0. The highest BCUT2D eigenvalue weighted by Crippen LogP contribution is 2.23. The molecular formula is C16H25NO4. The Balaban J connectivity index is 2.82. The van der Waals surface area contributed by atoms with Gasteiger partial charge in [-0.05, 0) is 39.3 Å². The largest absolute Gasteiger partial charge is 0.496 e. The Bertz CT molecular complexity index is 481. The molecule has 0 saturated heterocycles. The molecule has 0 radical (unpaired) electrons. The fourth-order valence-corrected chi connectivity index (χ4v) is 1.96. The summed E-state index contributed by atoms with van der Waals surface area (Å²) in [5.41, 5.74) is -0.491. The van der Waals surface area contributed by atoms with E-state index in [1.165, 1.54) is 0 Å². The molecule has 0 aromatic heterocycles. The molecule has 1 atom stereocenters. The predicted octanol–water partition coefficient (Wildman–Crippen LogP) is 2.51. The molecule has 1 aromatic carbocycles. The maximum Gasteiger partial charge on any atom is 0.408 e. The second-order valence-corrected chi connectivity index (χ2v) is 6.33. The number of aliphatic hydroxyl groups excluding tert-OH is 1. The standard InChI is InChI=1S/C16H25NO4/c1-15(2,3)21-14(19)17-16(4,11-18)10-12-8-6-7-9-13(12)20-5/h6-9,18H,10-11H2,1-5H3,(H,17,19). The maximum absolute atomic E-state index is 11.9. The van der Waals surface area contributed by atoms with Gasteiger partial charge in [-0.1, -0.05) is 18.2 Å². The van der Waals surface area contributed by atoms with E-state index in [2.05, 4.69) is 5.32 Å². The first kappa shape index (κ1) is 17.3. The van der Waals surface area contributed by atoms with Crippen molar-refractivity contribution in [2.75, 3.05) is 13.7 Å². The number of hydrogen-bond donors (Lipinski definition) is 2. The van der Waals surface area contributed by atoms with Gasteiger partial charge in [-0.25, -0.2) is 4.79 Å². The molecule has 0 aliphatic rings. The molecule has 5 nitrogen and oxygen atoms in total. The topological polar surface area (TPSA) is 67.8 Å². The highest BCUT2D eigenvalue weighted by molar-refractivity contribution is 5.68. The van der Waals surface area contributed by atoms with Gasteiger partial charge < -0.3 is 19.9 Å². The number of hydrogen-bond acceptors (Lipinski definition) is 4. The number of rotatable bonds is 5. The van der Waals surface area contributed by atoms with Crippen molar-refractivity contribution in [2.24, 2.45) is 0 Å². The predicted molar refractivity (Wildman–Crippen MR) is 81.6 cm³/mol. The minimum absolute atomic E-state index is 0.204. The van der Waals surface area contributed by atoms with Gasteiger partial charge >= 0.3 is 6.09 Å². The first-order valence-corrected chi connectivity index (χ1v) is 6.93. The smallest absolute Gasteiger partial charge is 0.408 e. The Kier molecular flexibility index (Phi) is 5.61. The summed E-state index contributed by atoms with van der Waals surface area (Å²) in [5.74, 6) is 0.725. The molecule has 5 heteroatoms. The van der Waals surface area contributed by atoms with Crippen LogP contribution in [-0.4, -0.2) is 36.1 Å².